The van der Waals surface area contributed by atoms with Crippen molar-refractivity contribution >= 4 is 23.3 Å². The van der Waals surface area contributed by atoms with Crippen molar-refractivity contribution in [1.82, 2.24) is 4.98 Å². The highest BCUT2D eigenvalue weighted by molar-refractivity contribution is 6.06. The number of nitrogens with one attached hydrogen (secondary N) is 1. The van der Waals surface area contributed by atoms with Crippen molar-refractivity contribution in [2.75, 3.05) is 19.0 Å². The molecule has 0 aliphatic heterocycles. The van der Waals surface area contributed by atoms with E-state index in [0.29, 0.717) is 11.3 Å². The molecule has 10 nitrogen and oxygen atoms in total. The first-order valence-corrected chi connectivity index (χ1v) is 7.30. The standard InChI is InChI=1S/C16H15N5O5/c1-9-5-11(13(22)6-12(9)20-21-17)16(24)19-10-3-4-14(18-7-10)26-8-15(23)25-2/h3-7,22H,8H2,1-2H3,(H,19,24). The Kier molecular flexibility index (Phi) is 5.96. The van der Waals surface area contributed by atoms with Crippen LogP contribution in [-0.4, -0.2) is 35.7 Å². The summed E-state index contributed by atoms with van der Waals surface area (Å²) in [6.45, 7) is 1.37. The predicted molar refractivity (Wildman–Crippen MR) is 91.4 cm³/mol. The lowest BCUT2D eigenvalue weighted by Gasteiger charge is -2.10. The number of anilines is 1. The largest absolute Gasteiger partial charge is 0.507 e. The summed E-state index contributed by atoms with van der Waals surface area (Å²) in [7, 11) is 1.24. The van der Waals surface area contributed by atoms with E-state index in [-0.39, 0.29) is 29.5 Å². The zero-order valence-electron chi connectivity index (χ0n) is 14.0. The maximum atomic E-state index is 12.3. The van der Waals surface area contributed by atoms with Gasteiger partial charge in [-0.2, -0.15) is 0 Å². The van der Waals surface area contributed by atoms with Crippen molar-refractivity contribution in [3.63, 3.8) is 0 Å². The summed E-state index contributed by atoms with van der Waals surface area (Å²) in [4.78, 5) is 29.9. The number of carbonyl (C=O) groups is 2. The third-order valence-electron chi connectivity index (χ3n) is 3.27. The lowest BCUT2D eigenvalue weighted by atomic mass is 10.1. The van der Waals surface area contributed by atoms with Gasteiger partial charge in [0.2, 0.25) is 5.88 Å². The molecule has 0 saturated heterocycles. The van der Waals surface area contributed by atoms with E-state index in [2.05, 4.69) is 25.1 Å². The second kappa shape index (κ2) is 8.36. The van der Waals surface area contributed by atoms with E-state index in [9.17, 15) is 14.7 Å². The molecule has 0 saturated carbocycles. The average molecular weight is 357 g/mol. The smallest absolute Gasteiger partial charge is 0.343 e. The Labute approximate surface area is 148 Å². The minimum absolute atomic E-state index is 0.0189. The van der Waals surface area contributed by atoms with Crippen molar-refractivity contribution in [1.29, 1.82) is 0 Å². The van der Waals surface area contributed by atoms with E-state index in [1.165, 1.54) is 37.6 Å². The molecule has 0 bridgehead atoms. The third kappa shape index (κ3) is 4.62. The molecule has 0 radical (unpaired) electrons. The Morgan fingerprint density at radius 2 is 2.15 bits per heavy atom. The number of ether oxygens (including phenoxy) is 2. The van der Waals surface area contributed by atoms with E-state index in [1.54, 1.807) is 6.92 Å². The molecule has 2 aromatic rings. The Balaban J connectivity index is 2.09. The molecule has 2 rings (SSSR count). The minimum atomic E-state index is -0.567. The van der Waals surface area contributed by atoms with Gasteiger partial charge in [-0.1, -0.05) is 5.11 Å². The molecule has 0 aliphatic rings. The first kappa shape index (κ1) is 18.6. The molecule has 0 fully saturated rings. The predicted octanol–water partition coefficient (Wildman–Crippen LogP) is 2.84. The van der Waals surface area contributed by atoms with E-state index in [4.69, 9.17) is 10.3 Å². The van der Waals surface area contributed by atoms with Crippen LogP contribution in [-0.2, 0) is 9.53 Å². The van der Waals surface area contributed by atoms with Crippen LogP contribution in [0.5, 0.6) is 11.6 Å². The molecule has 2 N–H and O–H groups in total. The summed E-state index contributed by atoms with van der Waals surface area (Å²) in [5.41, 5.74) is 9.61. The first-order valence-electron chi connectivity index (χ1n) is 7.30. The normalized spacial score (nSPS) is 9.77. The van der Waals surface area contributed by atoms with Gasteiger partial charge in [-0.3, -0.25) is 4.79 Å². The number of amides is 1. The summed E-state index contributed by atoms with van der Waals surface area (Å²) < 4.78 is 9.54. The summed E-state index contributed by atoms with van der Waals surface area (Å²) in [5.74, 6) is -1.24. The summed E-state index contributed by atoms with van der Waals surface area (Å²) in [5, 5.41) is 16.0. The lowest BCUT2D eigenvalue weighted by Crippen LogP contribution is -2.14. The lowest BCUT2D eigenvalue weighted by molar-refractivity contribution is -0.143. The number of phenols is 1. The van der Waals surface area contributed by atoms with Gasteiger partial charge in [0.15, 0.2) is 6.61 Å². The molecule has 0 unspecified atom stereocenters. The average Bonchev–Trinajstić information content (AvgIpc) is 2.63. The number of methoxy groups -OCH3 is 1. The van der Waals surface area contributed by atoms with E-state index in [1.807, 2.05) is 0 Å². The third-order valence-corrected chi connectivity index (χ3v) is 3.27. The summed E-state index contributed by atoms with van der Waals surface area (Å²) in [6, 6.07) is 5.62. The van der Waals surface area contributed by atoms with Crippen LogP contribution < -0.4 is 10.1 Å². The van der Waals surface area contributed by atoms with Gasteiger partial charge in [-0.15, -0.1) is 0 Å². The highest BCUT2D eigenvalue weighted by atomic mass is 16.6. The molecular formula is C16H15N5O5. The number of azide groups is 1. The van der Waals surface area contributed by atoms with Crippen LogP contribution in [0.15, 0.2) is 35.6 Å². The number of rotatable bonds is 6. The van der Waals surface area contributed by atoms with Gasteiger partial charge >= 0.3 is 5.97 Å². The van der Waals surface area contributed by atoms with Gasteiger partial charge in [0.1, 0.15) is 5.75 Å². The molecule has 1 aromatic carbocycles. The fourth-order valence-corrected chi connectivity index (χ4v) is 1.95. The zero-order valence-corrected chi connectivity index (χ0v) is 14.0. The number of aromatic nitrogens is 1. The van der Waals surface area contributed by atoms with Crippen LogP contribution >= 0.6 is 0 Å². The SMILES string of the molecule is COC(=O)COc1ccc(NC(=O)c2cc(C)c(N=[N+]=[N-])cc2O)cn1. The van der Waals surface area contributed by atoms with Crippen LogP contribution in [0.25, 0.3) is 10.4 Å². The van der Waals surface area contributed by atoms with E-state index in [0.717, 1.165) is 0 Å². The molecule has 0 aliphatic carbocycles. The number of nitrogens with zero attached hydrogens (tertiary/aromatic N) is 4. The maximum Gasteiger partial charge on any atom is 0.343 e. The number of phenolic OH excluding ortho intramolecular Hbond substituents is 1. The first-order chi connectivity index (χ1) is 12.4. The van der Waals surface area contributed by atoms with Crippen LogP contribution in [0.1, 0.15) is 15.9 Å². The monoisotopic (exact) mass is 357 g/mol. The number of aromatic hydroxyl groups is 1. The van der Waals surface area contributed by atoms with Gasteiger partial charge in [0.25, 0.3) is 5.91 Å². The topological polar surface area (TPSA) is 147 Å². The van der Waals surface area contributed by atoms with Crippen LogP contribution in [0, 0.1) is 6.92 Å². The molecule has 1 amide bonds. The zero-order chi connectivity index (χ0) is 19.1. The number of esters is 1. The Hall–Kier alpha value is -3.78. The number of hydrogen-bond donors (Lipinski definition) is 2. The van der Waals surface area contributed by atoms with Gasteiger partial charge in [-0.25, -0.2) is 9.78 Å². The molecule has 134 valence electrons. The molecule has 26 heavy (non-hydrogen) atoms. The summed E-state index contributed by atoms with van der Waals surface area (Å²) >= 11 is 0. The maximum absolute atomic E-state index is 12.3. The minimum Gasteiger partial charge on any atom is -0.507 e. The van der Waals surface area contributed by atoms with Gasteiger partial charge in [-0.05, 0) is 36.2 Å². The fourth-order valence-electron chi connectivity index (χ4n) is 1.95. The van der Waals surface area contributed by atoms with Crippen molar-refractivity contribution in [2.45, 2.75) is 6.92 Å². The van der Waals surface area contributed by atoms with Crippen molar-refractivity contribution in [2.24, 2.45) is 5.11 Å². The fraction of sp³-hybridized carbons (Fsp3) is 0.188. The molecule has 1 aromatic heterocycles. The number of pyridine rings is 1. The molecule has 0 atom stereocenters. The van der Waals surface area contributed by atoms with E-state index < -0.39 is 11.9 Å². The van der Waals surface area contributed by atoms with Gasteiger partial charge < -0.3 is 19.9 Å². The van der Waals surface area contributed by atoms with Crippen molar-refractivity contribution in [3.8, 4) is 11.6 Å². The number of hydrogen-bond acceptors (Lipinski definition) is 7. The van der Waals surface area contributed by atoms with Crippen LogP contribution in [0.4, 0.5) is 11.4 Å². The molecule has 1 heterocycles. The number of carbonyl (C=O) groups excluding carboxylic acids is 2. The quantitative estimate of drug-likeness (QED) is 0.352. The van der Waals surface area contributed by atoms with E-state index >= 15 is 0 Å². The Morgan fingerprint density at radius 3 is 2.77 bits per heavy atom. The molecular weight excluding hydrogens is 342 g/mol. The van der Waals surface area contributed by atoms with Crippen molar-refractivity contribution in [3.05, 3.63) is 52.0 Å². The molecule has 10 heteroatoms. The number of aryl methyl sites for hydroxylation is 1. The van der Waals surface area contributed by atoms with Gasteiger partial charge in [0.05, 0.1) is 24.6 Å². The van der Waals surface area contributed by atoms with Crippen molar-refractivity contribution < 1.29 is 24.2 Å². The van der Waals surface area contributed by atoms with Crippen LogP contribution in [0.3, 0.4) is 0 Å². The Morgan fingerprint density at radius 1 is 1.38 bits per heavy atom. The highest BCUT2D eigenvalue weighted by Crippen LogP contribution is 2.29. The van der Waals surface area contributed by atoms with Gasteiger partial charge in [0, 0.05) is 16.7 Å². The number of benzene rings is 1. The molecule has 0 spiro atoms. The van der Waals surface area contributed by atoms with Crippen LogP contribution in [0.2, 0.25) is 0 Å². The summed E-state index contributed by atoms with van der Waals surface area (Å²) in [6.07, 6.45) is 1.34. The second-order valence-corrected chi connectivity index (χ2v) is 5.05. The highest BCUT2D eigenvalue weighted by Gasteiger charge is 2.14. The second-order valence-electron chi connectivity index (χ2n) is 5.05. The Bertz CT molecular complexity index is 875.